The fourth-order valence-corrected chi connectivity index (χ4v) is 4.42. The second-order valence-corrected chi connectivity index (χ2v) is 8.25. The third-order valence-electron chi connectivity index (χ3n) is 5.92. The third-order valence-corrected chi connectivity index (χ3v) is 5.92. The highest BCUT2D eigenvalue weighted by atomic mass is 16.6. The zero-order valence-corrected chi connectivity index (χ0v) is 18.1. The molecule has 0 atom stereocenters. The number of fused-ring (bicyclic) bond motifs is 2. The van der Waals surface area contributed by atoms with Crippen LogP contribution in [0.25, 0.3) is 33.0 Å². The van der Waals surface area contributed by atoms with Gasteiger partial charge in [0.2, 0.25) is 0 Å². The molecule has 3 heterocycles. The number of rotatable bonds is 6. The molecule has 0 aliphatic carbocycles. The molecule has 0 saturated carbocycles. The highest BCUT2D eigenvalue weighted by molar-refractivity contribution is 6.50. The van der Waals surface area contributed by atoms with Crippen molar-refractivity contribution in [1.82, 2.24) is 19.8 Å². The summed E-state index contributed by atoms with van der Waals surface area (Å²) in [7, 11) is 3.84. The molecule has 5 rings (SSSR count). The number of benzene rings is 2. The summed E-state index contributed by atoms with van der Waals surface area (Å²) < 4.78 is 1.79. The van der Waals surface area contributed by atoms with Crippen LogP contribution in [0, 0.1) is 10.1 Å². The summed E-state index contributed by atoms with van der Waals surface area (Å²) in [5, 5.41) is 15.6. The van der Waals surface area contributed by atoms with Gasteiger partial charge in [0, 0.05) is 59.0 Å². The summed E-state index contributed by atoms with van der Waals surface area (Å²) >= 11 is 0. The van der Waals surface area contributed by atoms with Gasteiger partial charge in [-0.25, -0.2) is 0 Å². The summed E-state index contributed by atoms with van der Waals surface area (Å²) in [5.74, 6) is -1.00. The fourth-order valence-electron chi connectivity index (χ4n) is 4.42. The number of carbonyl (C=O) groups excluding carboxylic acids is 2. The van der Waals surface area contributed by atoms with Crippen molar-refractivity contribution in [2.75, 3.05) is 20.6 Å². The monoisotopic (exact) mass is 443 g/mol. The van der Waals surface area contributed by atoms with E-state index >= 15 is 0 Å². The summed E-state index contributed by atoms with van der Waals surface area (Å²) in [6.07, 6.45) is 3.45. The molecule has 166 valence electrons. The van der Waals surface area contributed by atoms with Gasteiger partial charge >= 0.3 is 0 Å². The van der Waals surface area contributed by atoms with Crippen molar-refractivity contribution in [3.63, 3.8) is 0 Å². The van der Waals surface area contributed by atoms with E-state index in [0.29, 0.717) is 35.1 Å². The maximum atomic E-state index is 13.0. The Hall–Kier alpha value is -4.24. The maximum Gasteiger partial charge on any atom is 0.293 e. The average Bonchev–Trinajstić information content (AvgIpc) is 3.44. The van der Waals surface area contributed by atoms with Gasteiger partial charge in [0.05, 0.1) is 16.1 Å². The molecule has 0 radical (unpaired) electrons. The molecule has 0 bridgehead atoms. The number of aromatic nitrogens is 2. The van der Waals surface area contributed by atoms with Gasteiger partial charge in [-0.15, -0.1) is 0 Å². The third kappa shape index (κ3) is 3.30. The number of nitrogens with zero attached hydrogens (tertiary/aromatic N) is 3. The number of H-pyrrole nitrogens is 1. The van der Waals surface area contributed by atoms with E-state index in [1.807, 2.05) is 43.3 Å². The van der Waals surface area contributed by atoms with Crippen LogP contribution in [0.3, 0.4) is 0 Å². The number of nitrogens with one attached hydrogen (secondary N) is 2. The normalized spacial score (nSPS) is 14.2. The Morgan fingerprint density at radius 3 is 2.39 bits per heavy atom. The fraction of sp³-hybridized carbons (Fsp3) is 0.167. The molecule has 2 N–H and O–H groups in total. The van der Waals surface area contributed by atoms with Gasteiger partial charge in [0.25, 0.3) is 17.5 Å². The van der Waals surface area contributed by atoms with Crippen molar-refractivity contribution >= 4 is 50.5 Å². The van der Waals surface area contributed by atoms with Crippen molar-refractivity contribution in [3.05, 3.63) is 76.1 Å². The smallest absolute Gasteiger partial charge is 0.293 e. The highest BCUT2D eigenvalue weighted by Crippen LogP contribution is 2.40. The van der Waals surface area contributed by atoms with Gasteiger partial charge in [-0.2, -0.15) is 0 Å². The Balaban J connectivity index is 1.81. The highest BCUT2D eigenvalue weighted by Gasteiger charge is 2.35. The number of hydrogen-bond acceptors (Lipinski definition) is 5. The molecule has 0 fully saturated rings. The second kappa shape index (κ2) is 7.72. The Morgan fingerprint density at radius 2 is 1.67 bits per heavy atom. The first-order valence-electron chi connectivity index (χ1n) is 10.4. The lowest BCUT2D eigenvalue weighted by Crippen LogP contribution is -2.22. The Morgan fingerprint density at radius 1 is 0.970 bits per heavy atom. The number of carbonyl (C=O) groups is 2. The number of likely N-dealkylation sites (N-methyl/N-ethyl adjacent to an activating group) is 1. The summed E-state index contributed by atoms with van der Waals surface area (Å²) in [6, 6.07) is 12.3. The molecule has 2 aromatic carbocycles. The van der Waals surface area contributed by atoms with E-state index < -0.39 is 16.7 Å². The largest absolute Gasteiger partial charge is 0.361 e. The van der Waals surface area contributed by atoms with Crippen LogP contribution in [0.4, 0.5) is 5.69 Å². The average molecular weight is 443 g/mol. The molecule has 0 unspecified atom stereocenters. The predicted octanol–water partition coefficient (Wildman–Crippen LogP) is 3.16. The van der Waals surface area contributed by atoms with Crippen LogP contribution in [-0.4, -0.2) is 51.8 Å². The maximum absolute atomic E-state index is 13.0. The SMILES string of the molecule is CN(C)CCn1cc(C2=C(c3c[nH]c4ccccc34)C(=O)NC2=O)c2cccc([N+](=O)[O-])c21. The van der Waals surface area contributed by atoms with E-state index in [1.54, 1.807) is 29.1 Å². The zero-order chi connectivity index (χ0) is 23.3. The topological polar surface area (TPSA) is 113 Å². The van der Waals surface area contributed by atoms with E-state index in [0.717, 1.165) is 10.9 Å². The Bertz CT molecular complexity index is 1490. The quantitative estimate of drug-likeness (QED) is 0.270. The molecule has 9 heteroatoms. The van der Waals surface area contributed by atoms with E-state index in [1.165, 1.54) is 6.07 Å². The molecule has 1 aliphatic heterocycles. The molecule has 1 aliphatic rings. The van der Waals surface area contributed by atoms with Crippen molar-refractivity contribution in [3.8, 4) is 0 Å². The molecular weight excluding hydrogens is 422 g/mol. The molecule has 2 aromatic heterocycles. The van der Waals surface area contributed by atoms with Crippen molar-refractivity contribution in [2.24, 2.45) is 0 Å². The van der Waals surface area contributed by atoms with E-state index in [2.05, 4.69) is 10.3 Å². The van der Waals surface area contributed by atoms with Gasteiger partial charge in [-0.3, -0.25) is 25.0 Å². The number of non-ortho nitro benzene ring substituents is 1. The van der Waals surface area contributed by atoms with Crippen LogP contribution >= 0.6 is 0 Å². The minimum Gasteiger partial charge on any atom is -0.361 e. The van der Waals surface area contributed by atoms with Crippen molar-refractivity contribution < 1.29 is 14.5 Å². The van der Waals surface area contributed by atoms with Gasteiger partial charge in [-0.05, 0) is 20.2 Å². The lowest BCUT2D eigenvalue weighted by Gasteiger charge is -2.11. The minimum atomic E-state index is -0.515. The standard InChI is InChI=1S/C24H21N5O4/c1-27(2)10-11-28-13-17(15-7-5-9-19(22(15)28)29(32)33)21-20(23(30)26-24(21)31)16-12-25-18-8-4-3-6-14(16)18/h3-9,12-13,25H,10-11H2,1-2H3,(H,26,30,31). The van der Waals surface area contributed by atoms with Crippen LogP contribution in [0.5, 0.6) is 0 Å². The van der Waals surface area contributed by atoms with Crippen LogP contribution in [-0.2, 0) is 16.1 Å². The predicted molar refractivity (Wildman–Crippen MR) is 125 cm³/mol. The molecule has 9 nitrogen and oxygen atoms in total. The van der Waals surface area contributed by atoms with Crippen LogP contribution in [0.15, 0.2) is 54.9 Å². The van der Waals surface area contributed by atoms with Gasteiger partial charge in [0.1, 0.15) is 5.52 Å². The van der Waals surface area contributed by atoms with E-state index in [9.17, 15) is 19.7 Å². The molecule has 2 amide bonds. The first-order valence-corrected chi connectivity index (χ1v) is 10.4. The number of imide groups is 1. The molecule has 33 heavy (non-hydrogen) atoms. The molecule has 4 aromatic rings. The number of hydrogen-bond donors (Lipinski definition) is 2. The summed E-state index contributed by atoms with van der Waals surface area (Å²) in [5.41, 5.74) is 2.82. The lowest BCUT2D eigenvalue weighted by molar-refractivity contribution is -0.383. The Labute approximate surface area is 188 Å². The van der Waals surface area contributed by atoms with E-state index in [4.69, 9.17) is 0 Å². The zero-order valence-electron chi connectivity index (χ0n) is 18.1. The van der Waals surface area contributed by atoms with Crippen LogP contribution < -0.4 is 5.32 Å². The summed E-state index contributed by atoms with van der Waals surface area (Å²) in [6.45, 7) is 1.13. The van der Waals surface area contributed by atoms with Gasteiger partial charge in [0.15, 0.2) is 0 Å². The van der Waals surface area contributed by atoms with Crippen LogP contribution in [0.2, 0.25) is 0 Å². The van der Waals surface area contributed by atoms with Crippen molar-refractivity contribution in [2.45, 2.75) is 6.54 Å². The summed E-state index contributed by atoms with van der Waals surface area (Å²) in [4.78, 5) is 42.4. The van der Waals surface area contributed by atoms with Gasteiger partial charge < -0.3 is 14.5 Å². The van der Waals surface area contributed by atoms with Crippen LogP contribution in [0.1, 0.15) is 11.1 Å². The number of nitro benzene ring substituents is 1. The first-order chi connectivity index (χ1) is 15.9. The second-order valence-electron chi connectivity index (χ2n) is 8.25. The number of aromatic amines is 1. The number of nitro groups is 1. The molecular formula is C24H21N5O4. The van der Waals surface area contributed by atoms with Gasteiger partial charge in [-0.1, -0.05) is 30.3 Å². The minimum absolute atomic E-state index is 0.0449. The van der Waals surface area contributed by atoms with E-state index in [-0.39, 0.29) is 16.8 Å². The number of para-hydroxylation sites is 2. The number of amides is 2. The first kappa shape index (κ1) is 20.7. The molecule has 0 spiro atoms. The molecule has 0 saturated heterocycles. The van der Waals surface area contributed by atoms with Crippen molar-refractivity contribution in [1.29, 1.82) is 0 Å². The lowest BCUT2D eigenvalue weighted by atomic mass is 9.95. The Kier molecular flexibility index (Phi) is 4.83.